The summed E-state index contributed by atoms with van der Waals surface area (Å²) in [6.07, 6.45) is 4.28. The van der Waals surface area contributed by atoms with Crippen molar-refractivity contribution in [3.05, 3.63) is 76.8 Å². The third-order valence-electron chi connectivity index (χ3n) is 4.33. The molecule has 2 aromatic carbocycles. The van der Waals surface area contributed by atoms with Gasteiger partial charge in [-0.1, -0.05) is 60.1 Å². The predicted molar refractivity (Wildman–Crippen MR) is 102 cm³/mol. The molecule has 0 radical (unpaired) electrons. The molecule has 134 valence electrons. The van der Waals surface area contributed by atoms with Gasteiger partial charge in [-0.15, -0.1) is 0 Å². The summed E-state index contributed by atoms with van der Waals surface area (Å²) < 4.78 is 5.36. The number of amides is 1. The van der Waals surface area contributed by atoms with Gasteiger partial charge < -0.3 is 4.74 Å². The fourth-order valence-electron chi connectivity index (χ4n) is 2.95. The highest BCUT2D eigenvalue weighted by atomic mass is 35.5. The number of likely N-dealkylation sites (tertiary alicyclic amines) is 1. The van der Waals surface area contributed by atoms with Crippen molar-refractivity contribution in [2.75, 3.05) is 6.54 Å². The monoisotopic (exact) mass is 369 g/mol. The number of nitrogens with zero attached hydrogens (tertiary/aromatic N) is 1. The molecule has 0 unspecified atom stereocenters. The van der Waals surface area contributed by atoms with Crippen LogP contribution in [0.15, 0.2) is 60.7 Å². The predicted octanol–water partition coefficient (Wildman–Crippen LogP) is 4.72. The number of halogens is 1. The van der Waals surface area contributed by atoms with Gasteiger partial charge in [0.2, 0.25) is 0 Å². The molecule has 1 saturated heterocycles. The zero-order valence-electron chi connectivity index (χ0n) is 14.3. The van der Waals surface area contributed by atoms with Gasteiger partial charge in [-0.25, -0.2) is 4.79 Å². The molecule has 0 aliphatic carbocycles. The largest absolute Gasteiger partial charge is 0.445 e. The lowest BCUT2D eigenvalue weighted by molar-refractivity contribution is -0.118. The molecule has 0 spiro atoms. The maximum atomic E-state index is 12.5. The highest BCUT2D eigenvalue weighted by Crippen LogP contribution is 2.21. The number of rotatable bonds is 5. The molecular weight excluding hydrogens is 350 g/mol. The molecule has 1 aliphatic heterocycles. The first-order valence-corrected chi connectivity index (χ1v) is 8.96. The first-order chi connectivity index (χ1) is 12.6. The van der Waals surface area contributed by atoms with Crippen LogP contribution >= 0.6 is 11.6 Å². The number of hydrogen-bond acceptors (Lipinski definition) is 3. The van der Waals surface area contributed by atoms with Crippen LogP contribution in [0.5, 0.6) is 0 Å². The van der Waals surface area contributed by atoms with E-state index in [-0.39, 0.29) is 12.4 Å². The van der Waals surface area contributed by atoms with E-state index in [1.165, 1.54) is 11.0 Å². The van der Waals surface area contributed by atoms with Crippen molar-refractivity contribution in [2.45, 2.75) is 25.5 Å². The van der Waals surface area contributed by atoms with Gasteiger partial charge in [-0.2, -0.15) is 0 Å². The summed E-state index contributed by atoms with van der Waals surface area (Å²) in [4.78, 5) is 26.4. The quantitative estimate of drug-likeness (QED) is 0.716. The molecule has 5 heteroatoms. The average Bonchev–Trinajstić information content (AvgIpc) is 3.16. The van der Waals surface area contributed by atoms with Crippen molar-refractivity contribution in [1.29, 1.82) is 0 Å². The zero-order valence-corrected chi connectivity index (χ0v) is 15.1. The molecule has 26 heavy (non-hydrogen) atoms. The number of ketones is 1. The van der Waals surface area contributed by atoms with Crippen LogP contribution in [-0.4, -0.2) is 29.4 Å². The zero-order chi connectivity index (χ0) is 18.4. The summed E-state index contributed by atoms with van der Waals surface area (Å²) >= 11 is 5.86. The van der Waals surface area contributed by atoms with Crippen LogP contribution in [0, 0.1) is 0 Å². The molecule has 0 N–H and O–H groups in total. The Hall–Kier alpha value is -2.59. The minimum Gasteiger partial charge on any atom is -0.445 e. The maximum absolute atomic E-state index is 12.5. The molecule has 4 nitrogen and oxygen atoms in total. The Morgan fingerprint density at radius 1 is 1.12 bits per heavy atom. The number of carbonyl (C=O) groups excluding carboxylic acids is 2. The number of carbonyl (C=O) groups is 2. The second-order valence-corrected chi connectivity index (χ2v) is 6.62. The van der Waals surface area contributed by atoms with Gasteiger partial charge in [0.25, 0.3) is 0 Å². The fraction of sp³-hybridized carbons (Fsp3) is 0.238. The van der Waals surface area contributed by atoms with Crippen molar-refractivity contribution < 1.29 is 14.3 Å². The molecule has 0 bridgehead atoms. The lowest BCUT2D eigenvalue weighted by atomic mass is 10.1. The highest BCUT2D eigenvalue weighted by Gasteiger charge is 2.33. The molecular formula is C21H20ClNO3. The van der Waals surface area contributed by atoms with Crippen molar-refractivity contribution in [1.82, 2.24) is 4.90 Å². The van der Waals surface area contributed by atoms with Gasteiger partial charge in [0.15, 0.2) is 5.78 Å². The van der Waals surface area contributed by atoms with E-state index in [2.05, 4.69) is 0 Å². The molecule has 1 atom stereocenters. The molecule has 1 aliphatic rings. The van der Waals surface area contributed by atoms with Crippen LogP contribution in [0.4, 0.5) is 4.79 Å². The van der Waals surface area contributed by atoms with E-state index in [0.717, 1.165) is 17.5 Å². The normalized spacial score (nSPS) is 16.8. The summed E-state index contributed by atoms with van der Waals surface area (Å²) in [5.41, 5.74) is 1.81. The van der Waals surface area contributed by atoms with Gasteiger partial charge in [0.1, 0.15) is 6.61 Å². The fourth-order valence-corrected chi connectivity index (χ4v) is 3.07. The van der Waals surface area contributed by atoms with Crippen LogP contribution in [0.1, 0.15) is 24.0 Å². The lowest BCUT2D eigenvalue weighted by Gasteiger charge is -2.22. The summed E-state index contributed by atoms with van der Waals surface area (Å²) in [6, 6.07) is 16.3. The SMILES string of the molecule is O=C(/C=C/c1ccc(Cl)cc1)[C@H]1CCCN1C(=O)OCc1ccccc1. The van der Waals surface area contributed by atoms with Gasteiger partial charge in [-0.05, 0) is 42.2 Å². The van der Waals surface area contributed by atoms with E-state index in [1.54, 1.807) is 18.2 Å². The molecule has 1 amide bonds. The summed E-state index contributed by atoms with van der Waals surface area (Å²) in [6.45, 7) is 0.747. The minimum absolute atomic E-state index is 0.0888. The number of hydrogen-bond donors (Lipinski definition) is 0. The van der Waals surface area contributed by atoms with Crippen molar-refractivity contribution in [3.63, 3.8) is 0 Å². The number of benzene rings is 2. The Balaban J connectivity index is 1.58. The van der Waals surface area contributed by atoms with Crippen molar-refractivity contribution >= 4 is 29.6 Å². The topological polar surface area (TPSA) is 46.6 Å². The second-order valence-electron chi connectivity index (χ2n) is 6.18. The van der Waals surface area contributed by atoms with E-state index in [9.17, 15) is 9.59 Å². The molecule has 1 fully saturated rings. The van der Waals surface area contributed by atoms with Gasteiger partial charge in [0.05, 0.1) is 6.04 Å². The smallest absolute Gasteiger partial charge is 0.410 e. The van der Waals surface area contributed by atoms with Gasteiger partial charge in [0, 0.05) is 11.6 Å². The summed E-state index contributed by atoms with van der Waals surface area (Å²) in [5, 5.41) is 0.650. The first-order valence-electron chi connectivity index (χ1n) is 8.58. The first kappa shape index (κ1) is 18.2. The van der Waals surface area contributed by atoms with Crippen molar-refractivity contribution in [2.24, 2.45) is 0 Å². The number of ether oxygens (including phenoxy) is 1. The molecule has 1 heterocycles. The average molecular weight is 370 g/mol. The summed E-state index contributed by atoms with van der Waals surface area (Å²) in [7, 11) is 0. The second kappa shape index (κ2) is 8.68. The summed E-state index contributed by atoms with van der Waals surface area (Å²) in [5.74, 6) is -0.0888. The Bertz CT molecular complexity index is 787. The highest BCUT2D eigenvalue weighted by molar-refractivity contribution is 6.30. The van der Waals surface area contributed by atoms with Crippen LogP contribution in [0.2, 0.25) is 5.02 Å². The van der Waals surface area contributed by atoms with Crippen LogP contribution < -0.4 is 0 Å². The van der Waals surface area contributed by atoms with E-state index in [0.29, 0.717) is 18.0 Å². The minimum atomic E-state index is -0.457. The van der Waals surface area contributed by atoms with Crippen LogP contribution in [0.25, 0.3) is 6.08 Å². The van der Waals surface area contributed by atoms with Crippen molar-refractivity contribution in [3.8, 4) is 0 Å². The molecule has 2 aromatic rings. The standard InChI is InChI=1S/C21H20ClNO3/c22-18-11-8-16(9-12-18)10-13-20(24)19-7-4-14-23(19)21(25)26-15-17-5-2-1-3-6-17/h1-3,5-6,8-13,19H,4,7,14-15H2/b13-10+/t19-/m1/s1. The lowest BCUT2D eigenvalue weighted by Crippen LogP contribution is -2.40. The van der Waals surface area contributed by atoms with E-state index >= 15 is 0 Å². The van der Waals surface area contributed by atoms with Crippen LogP contribution in [-0.2, 0) is 16.1 Å². The van der Waals surface area contributed by atoms with E-state index < -0.39 is 12.1 Å². The molecule has 0 saturated carbocycles. The molecule has 0 aromatic heterocycles. The Kier molecular flexibility index (Phi) is 6.08. The van der Waals surface area contributed by atoms with E-state index in [4.69, 9.17) is 16.3 Å². The van der Waals surface area contributed by atoms with Gasteiger partial charge in [-0.3, -0.25) is 9.69 Å². The Morgan fingerprint density at radius 2 is 1.85 bits per heavy atom. The molecule has 3 rings (SSSR count). The third kappa shape index (κ3) is 4.73. The van der Waals surface area contributed by atoms with Crippen LogP contribution in [0.3, 0.4) is 0 Å². The maximum Gasteiger partial charge on any atom is 0.410 e. The Labute approximate surface area is 158 Å². The Morgan fingerprint density at radius 3 is 2.58 bits per heavy atom. The third-order valence-corrected chi connectivity index (χ3v) is 4.58. The van der Waals surface area contributed by atoms with Gasteiger partial charge >= 0.3 is 6.09 Å². The van der Waals surface area contributed by atoms with E-state index in [1.807, 2.05) is 42.5 Å².